The van der Waals surface area contributed by atoms with Crippen molar-refractivity contribution in [2.45, 2.75) is 50.0 Å². The van der Waals surface area contributed by atoms with Gasteiger partial charge in [-0.05, 0) is 61.6 Å². The molecule has 1 atom stereocenters. The quantitative estimate of drug-likeness (QED) is 0.314. The Kier molecular flexibility index (Phi) is 8.73. The number of H-pyrrole nitrogens is 1. The lowest BCUT2D eigenvalue weighted by Gasteiger charge is -2.30. The van der Waals surface area contributed by atoms with Crippen molar-refractivity contribution in [1.29, 1.82) is 0 Å². The van der Waals surface area contributed by atoms with Gasteiger partial charge in [-0.25, -0.2) is 4.79 Å². The van der Waals surface area contributed by atoms with Crippen LogP contribution >= 0.6 is 15.9 Å². The number of carbonyl (C=O) groups excluding carboxylic acids is 1. The van der Waals surface area contributed by atoms with Crippen LogP contribution in [0, 0.1) is 0 Å². The number of nitrogens with zero attached hydrogens (tertiary/aromatic N) is 1. The monoisotopic (exact) mass is 556 g/mol. The standard InChI is InChI=1S/C21H23BrN4O2.C2HF3O2/c22-15-3-1-13(2-4-15)20(27)21(28)25-17-7-5-16(6-8-17)24-18-9-10-19-14(11-18)12-23-26-19;3-2(4,5)1(6)7/h1-4,9-12,16-17,20,24,27H,5-8H2,(H,23,26)(H,25,28);(H,6,7). The van der Waals surface area contributed by atoms with Crippen LogP contribution in [0.4, 0.5) is 18.9 Å². The molecule has 1 unspecified atom stereocenters. The minimum atomic E-state index is -5.08. The first-order chi connectivity index (χ1) is 16.5. The maximum absolute atomic E-state index is 12.4. The number of aromatic nitrogens is 2. The van der Waals surface area contributed by atoms with Crippen LogP contribution in [0.25, 0.3) is 10.9 Å². The van der Waals surface area contributed by atoms with Crippen molar-refractivity contribution >= 4 is 44.4 Å². The Morgan fingerprint density at radius 1 is 1.06 bits per heavy atom. The zero-order valence-corrected chi connectivity index (χ0v) is 19.9. The van der Waals surface area contributed by atoms with E-state index in [9.17, 15) is 23.1 Å². The van der Waals surface area contributed by atoms with Gasteiger partial charge < -0.3 is 20.8 Å². The highest BCUT2D eigenvalue weighted by Gasteiger charge is 2.38. The van der Waals surface area contributed by atoms with Crippen LogP contribution in [0.5, 0.6) is 0 Å². The predicted octanol–water partition coefficient (Wildman–Crippen LogP) is 4.53. The van der Waals surface area contributed by atoms with Gasteiger partial charge in [0, 0.05) is 27.6 Å². The van der Waals surface area contributed by atoms with E-state index in [1.165, 1.54) is 0 Å². The van der Waals surface area contributed by atoms with E-state index in [0.29, 0.717) is 11.6 Å². The van der Waals surface area contributed by atoms with Gasteiger partial charge in [-0.1, -0.05) is 28.1 Å². The number of anilines is 1. The number of amides is 1. The van der Waals surface area contributed by atoms with Crippen LogP contribution < -0.4 is 10.6 Å². The molecule has 8 nitrogen and oxygen atoms in total. The maximum atomic E-state index is 12.4. The van der Waals surface area contributed by atoms with Gasteiger partial charge >= 0.3 is 12.1 Å². The summed E-state index contributed by atoms with van der Waals surface area (Å²) in [5, 5.41) is 32.1. The molecule has 1 aromatic heterocycles. The van der Waals surface area contributed by atoms with Crippen LogP contribution in [-0.4, -0.2) is 50.5 Å². The first-order valence-corrected chi connectivity index (χ1v) is 11.6. The second-order valence-corrected chi connectivity index (χ2v) is 9.05. The highest BCUT2D eigenvalue weighted by Crippen LogP contribution is 2.25. The molecule has 1 aliphatic carbocycles. The molecule has 4 rings (SSSR count). The number of alkyl halides is 3. The number of carbonyl (C=O) groups is 2. The van der Waals surface area contributed by atoms with Crippen LogP contribution in [0.3, 0.4) is 0 Å². The maximum Gasteiger partial charge on any atom is 0.490 e. The third-order valence-corrected chi connectivity index (χ3v) is 6.09. The summed E-state index contributed by atoms with van der Waals surface area (Å²) >= 11 is 3.36. The van der Waals surface area contributed by atoms with Crippen molar-refractivity contribution in [3.8, 4) is 0 Å². The van der Waals surface area contributed by atoms with Crippen LogP contribution in [0.2, 0.25) is 0 Å². The molecule has 0 bridgehead atoms. The minimum Gasteiger partial charge on any atom is -0.475 e. The lowest BCUT2D eigenvalue weighted by Crippen LogP contribution is -2.42. The van der Waals surface area contributed by atoms with E-state index < -0.39 is 18.2 Å². The number of halogens is 4. The van der Waals surface area contributed by atoms with Crippen molar-refractivity contribution in [3.63, 3.8) is 0 Å². The van der Waals surface area contributed by atoms with Crippen LogP contribution in [0.1, 0.15) is 37.4 Å². The van der Waals surface area contributed by atoms with Crippen LogP contribution in [0.15, 0.2) is 53.1 Å². The molecule has 188 valence electrons. The number of benzene rings is 2. The summed E-state index contributed by atoms with van der Waals surface area (Å²) in [4.78, 5) is 21.3. The molecule has 0 spiro atoms. The fourth-order valence-electron chi connectivity index (χ4n) is 3.73. The van der Waals surface area contributed by atoms with Gasteiger partial charge in [-0.2, -0.15) is 18.3 Å². The summed E-state index contributed by atoms with van der Waals surface area (Å²) < 4.78 is 32.7. The third kappa shape index (κ3) is 7.69. The Labute approximate surface area is 207 Å². The summed E-state index contributed by atoms with van der Waals surface area (Å²) in [6.45, 7) is 0. The number of fused-ring (bicyclic) bond motifs is 1. The van der Waals surface area contributed by atoms with Gasteiger partial charge in [-0.3, -0.25) is 9.89 Å². The van der Waals surface area contributed by atoms with Crippen molar-refractivity contribution in [2.75, 3.05) is 5.32 Å². The second kappa shape index (κ2) is 11.5. The van der Waals surface area contributed by atoms with E-state index in [-0.39, 0.29) is 11.9 Å². The molecule has 0 radical (unpaired) electrons. The molecule has 35 heavy (non-hydrogen) atoms. The normalized spacial score (nSPS) is 18.8. The van der Waals surface area contributed by atoms with E-state index in [4.69, 9.17) is 9.90 Å². The molecule has 2 aromatic carbocycles. The number of hydrogen-bond donors (Lipinski definition) is 5. The van der Waals surface area contributed by atoms with Crippen molar-refractivity contribution in [3.05, 3.63) is 58.7 Å². The number of aliphatic hydroxyl groups is 1. The molecule has 0 saturated heterocycles. The van der Waals surface area contributed by atoms with Gasteiger partial charge in [0.1, 0.15) is 0 Å². The first-order valence-electron chi connectivity index (χ1n) is 10.8. The number of carboxylic acids is 1. The molecular formula is C23H24BrF3N4O4. The van der Waals surface area contributed by atoms with Gasteiger partial charge in [0.25, 0.3) is 5.91 Å². The Morgan fingerprint density at radius 3 is 2.26 bits per heavy atom. The largest absolute Gasteiger partial charge is 0.490 e. The molecule has 3 aromatic rings. The number of aliphatic hydroxyl groups excluding tert-OH is 1. The Bertz CT molecular complexity index is 1150. The van der Waals surface area contributed by atoms with E-state index in [2.05, 4.69) is 48.9 Å². The summed E-state index contributed by atoms with van der Waals surface area (Å²) in [6.07, 6.45) is -0.657. The molecule has 12 heteroatoms. The van der Waals surface area contributed by atoms with Crippen molar-refractivity contribution < 1.29 is 33.0 Å². The molecule has 1 amide bonds. The Morgan fingerprint density at radius 2 is 1.66 bits per heavy atom. The smallest absolute Gasteiger partial charge is 0.475 e. The van der Waals surface area contributed by atoms with Crippen molar-refractivity contribution in [2.24, 2.45) is 0 Å². The lowest BCUT2D eigenvalue weighted by molar-refractivity contribution is -0.192. The van der Waals surface area contributed by atoms with Gasteiger partial charge in [-0.15, -0.1) is 0 Å². The SMILES string of the molecule is O=C(NC1CCC(Nc2ccc3[nH]ncc3c2)CC1)C(O)c1ccc(Br)cc1.O=C(O)C(F)(F)F. The lowest BCUT2D eigenvalue weighted by atomic mass is 9.90. The third-order valence-electron chi connectivity index (χ3n) is 5.56. The van der Waals surface area contributed by atoms with E-state index in [0.717, 1.165) is 46.7 Å². The fourth-order valence-corrected chi connectivity index (χ4v) is 3.99. The number of carboxylic acid groups (broad SMARTS) is 1. The topological polar surface area (TPSA) is 127 Å². The number of nitrogens with one attached hydrogen (secondary N) is 3. The summed E-state index contributed by atoms with van der Waals surface area (Å²) in [5.41, 5.74) is 2.72. The molecule has 1 fully saturated rings. The van der Waals surface area contributed by atoms with Gasteiger partial charge in [0.2, 0.25) is 0 Å². The van der Waals surface area contributed by atoms with Crippen molar-refractivity contribution in [1.82, 2.24) is 15.5 Å². The highest BCUT2D eigenvalue weighted by molar-refractivity contribution is 9.10. The zero-order valence-electron chi connectivity index (χ0n) is 18.3. The Hall–Kier alpha value is -3.12. The molecule has 0 aliphatic heterocycles. The Balaban J connectivity index is 0.000000429. The number of aliphatic carboxylic acids is 1. The summed E-state index contributed by atoms with van der Waals surface area (Å²) in [7, 11) is 0. The summed E-state index contributed by atoms with van der Waals surface area (Å²) in [6, 6.07) is 13.8. The molecule has 1 aliphatic rings. The molecule has 1 heterocycles. The predicted molar refractivity (Wildman–Crippen MR) is 127 cm³/mol. The average molecular weight is 557 g/mol. The highest BCUT2D eigenvalue weighted by atomic mass is 79.9. The van der Waals surface area contributed by atoms with Gasteiger partial charge in [0.15, 0.2) is 6.10 Å². The number of hydrogen-bond acceptors (Lipinski definition) is 5. The number of aromatic amines is 1. The molecular weight excluding hydrogens is 533 g/mol. The molecule has 5 N–H and O–H groups in total. The summed E-state index contributed by atoms with van der Waals surface area (Å²) in [5.74, 6) is -3.09. The fraction of sp³-hybridized carbons (Fsp3) is 0.348. The second-order valence-electron chi connectivity index (χ2n) is 8.13. The first kappa shape index (κ1) is 26.5. The van der Waals surface area contributed by atoms with Gasteiger partial charge in [0.05, 0.1) is 11.7 Å². The number of rotatable bonds is 5. The van der Waals surface area contributed by atoms with Crippen LogP contribution in [-0.2, 0) is 9.59 Å². The zero-order chi connectivity index (χ0) is 25.6. The molecule has 1 saturated carbocycles. The van der Waals surface area contributed by atoms with E-state index in [1.807, 2.05) is 24.4 Å². The van der Waals surface area contributed by atoms with E-state index in [1.54, 1.807) is 12.1 Å². The average Bonchev–Trinajstić information content (AvgIpc) is 3.28. The van der Waals surface area contributed by atoms with E-state index >= 15 is 0 Å². The minimum absolute atomic E-state index is 0.104.